The minimum Gasteiger partial charge on any atom is -0.345 e. The molecular weight excluding hydrogens is 232 g/mol. The molecule has 3 nitrogen and oxygen atoms in total. The van der Waals surface area contributed by atoms with E-state index in [1.54, 1.807) is 0 Å². The third kappa shape index (κ3) is 3.07. The maximum Gasteiger partial charge on any atom is 0.262 e. The summed E-state index contributed by atoms with van der Waals surface area (Å²) < 4.78 is 0. The Balaban J connectivity index is 2.84. The Morgan fingerprint density at radius 3 is 2.53 bits per heavy atom. The third-order valence-electron chi connectivity index (χ3n) is 3.46. The number of aryl methyl sites for hydroxylation is 1. The van der Waals surface area contributed by atoms with Crippen LogP contribution in [0.4, 0.5) is 0 Å². The Morgan fingerprint density at radius 1 is 1.41 bits per heavy atom. The van der Waals surface area contributed by atoms with Gasteiger partial charge in [0.2, 0.25) is 0 Å². The van der Waals surface area contributed by atoms with Crippen molar-refractivity contribution in [3.63, 3.8) is 0 Å². The highest BCUT2D eigenvalue weighted by molar-refractivity contribution is 7.12. The Kier molecular flexibility index (Phi) is 5.15. The van der Waals surface area contributed by atoms with Gasteiger partial charge in [0.25, 0.3) is 5.91 Å². The lowest BCUT2D eigenvalue weighted by atomic mass is 9.92. The van der Waals surface area contributed by atoms with Gasteiger partial charge in [-0.15, -0.1) is 11.3 Å². The first-order valence-electron chi connectivity index (χ1n) is 6.21. The van der Waals surface area contributed by atoms with Gasteiger partial charge in [-0.05, 0) is 36.3 Å². The Hall–Kier alpha value is -0.870. The first kappa shape index (κ1) is 14.2. The van der Waals surface area contributed by atoms with Gasteiger partial charge < -0.3 is 11.1 Å². The summed E-state index contributed by atoms with van der Waals surface area (Å²) in [6.07, 6.45) is 2.61. The van der Waals surface area contributed by atoms with E-state index in [9.17, 15) is 4.79 Å². The van der Waals surface area contributed by atoms with E-state index in [1.807, 2.05) is 11.4 Å². The van der Waals surface area contributed by atoms with Gasteiger partial charge in [-0.3, -0.25) is 4.79 Å². The van der Waals surface area contributed by atoms with Crippen molar-refractivity contribution in [2.24, 2.45) is 5.73 Å². The fourth-order valence-corrected chi connectivity index (χ4v) is 2.77. The smallest absolute Gasteiger partial charge is 0.262 e. The maximum absolute atomic E-state index is 12.2. The number of amides is 1. The van der Waals surface area contributed by atoms with Gasteiger partial charge in [0.05, 0.1) is 10.4 Å². The summed E-state index contributed by atoms with van der Waals surface area (Å²) in [6.45, 7) is 6.67. The summed E-state index contributed by atoms with van der Waals surface area (Å²) in [4.78, 5) is 13.0. The Bertz CT molecular complexity index is 361. The van der Waals surface area contributed by atoms with E-state index in [0.29, 0.717) is 6.54 Å². The average Bonchev–Trinajstić information content (AvgIpc) is 2.84. The molecule has 0 aliphatic carbocycles. The molecule has 0 unspecified atom stereocenters. The largest absolute Gasteiger partial charge is 0.345 e. The van der Waals surface area contributed by atoms with Crippen LogP contribution in [0.3, 0.4) is 0 Å². The SMILES string of the molecule is CCc1ccsc1C(=O)NC(CC)(CC)CN. The molecule has 0 aromatic carbocycles. The fourth-order valence-electron chi connectivity index (χ4n) is 1.88. The lowest BCUT2D eigenvalue weighted by Gasteiger charge is -2.31. The number of nitrogens with two attached hydrogens (primary N) is 1. The normalized spacial score (nSPS) is 11.5. The second-order valence-corrected chi connectivity index (χ2v) is 5.19. The Labute approximate surface area is 107 Å². The zero-order valence-electron chi connectivity index (χ0n) is 10.9. The number of thiophene rings is 1. The molecule has 3 N–H and O–H groups in total. The maximum atomic E-state index is 12.2. The van der Waals surface area contributed by atoms with E-state index >= 15 is 0 Å². The van der Waals surface area contributed by atoms with Crippen LogP contribution >= 0.6 is 11.3 Å². The van der Waals surface area contributed by atoms with Gasteiger partial charge in [-0.1, -0.05) is 20.8 Å². The molecule has 0 spiro atoms. The van der Waals surface area contributed by atoms with Crippen LogP contribution in [0.25, 0.3) is 0 Å². The van der Waals surface area contributed by atoms with Gasteiger partial charge in [-0.25, -0.2) is 0 Å². The van der Waals surface area contributed by atoms with Crippen molar-refractivity contribution in [1.82, 2.24) is 5.32 Å². The van der Waals surface area contributed by atoms with Crippen molar-refractivity contribution in [2.45, 2.75) is 45.6 Å². The summed E-state index contributed by atoms with van der Waals surface area (Å²) in [7, 11) is 0. The molecule has 1 amide bonds. The molecule has 0 aliphatic heterocycles. The number of rotatable bonds is 6. The zero-order valence-corrected chi connectivity index (χ0v) is 11.7. The second kappa shape index (κ2) is 6.17. The van der Waals surface area contributed by atoms with Crippen molar-refractivity contribution in [3.05, 3.63) is 21.9 Å². The number of carbonyl (C=O) groups excluding carboxylic acids is 1. The van der Waals surface area contributed by atoms with Crippen molar-refractivity contribution >= 4 is 17.2 Å². The lowest BCUT2D eigenvalue weighted by Crippen LogP contribution is -2.52. The monoisotopic (exact) mass is 254 g/mol. The molecule has 0 aliphatic rings. The van der Waals surface area contributed by atoms with Gasteiger partial charge in [0.15, 0.2) is 0 Å². The number of hydrogen-bond donors (Lipinski definition) is 2. The number of nitrogens with one attached hydrogen (secondary N) is 1. The van der Waals surface area contributed by atoms with Crippen LogP contribution in [-0.4, -0.2) is 18.0 Å². The van der Waals surface area contributed by atoms with Gasteiger partial charge in [-0.2, -0.15) is 0 Å². The highest BCUT2D eigenvalue weighted by atomic mass is 32.1. The van der Waals surface area contributed by atoms with Crippen LogP contribution in [0, 0.1) is 0 Å². The van der Waals surface area contributed by atoms with E-state index in [4.69, 9.17) is 5.73 Å². The summed E-state index contributed by atoms with van der Waals surface area (Å²) in [6, 6.07) is 2.02. The van der Waals surface area contributed by atoms with E-state index in [-0.39, 0.29) is 11.4 Å². The predicted octanol–water partition coefficient (Wildman–Crippen LogP) is 2.56. The topological polar surface area (TPSA) is 55.1 Å². The molecule has 0 fully saturated rings. The minimum atomic E-state index is -0.258. The first-order valence-corrected chi connectivity index (χ1v) is 7.09. The van der Waals surface area contributed by atoms with Crippen molar-refractivity contribution < 1.29 is 4.79 Å². The van der Waals surface area contributed by atoms with Crippen LogP contribution < -0.4 is 11.1 Å². The number of carbonyl (C=O) groups is 1. The molecule has 96 valence electrons. The zero-order chi connectivity index (χ0) is 12.9. The molecule has 1 rings (SSSR count). The van der Waals surface area contributed by atoms with Gasteiger partial charge in [0.1, 0.15) is 0 Å². The minimum absolute atomic E-state index is 0.0194. The molecule has 1 aromatic rings. The van der Waals surface area contributed by atoms with Crippen molar-refractivity contribution in [2.75, 3.05) is 6.54 Å². The molecule has 0 radical (unpaired) electrons. The average molecular weight is 254 g/mol. The molecule has 4 heteroatoms. The summed E-state index contributed by atoms with van der Waals surface area (Å²) in [5.74, 6) is 0.0194. The molecule has 0 saturated carbocycles. The quantitative estimate of drug-likeness (QED) is 0.819. The highest BCUT2D eigenvalue weighted by Crippen LogP contribution is 2.20. The Morgan fingerprint density at radius 2 is 2.06 bits per heavy atom. The lowest BCUT2D eigenvalue weighted by molar-refractivity contribution is 0.0898. The van der Waals surface area contributed by atoms with Crippen LogP contribution in [-0.2, 0) is 6.42 Å². The predicted molar refractivity (Wildman–Crippen MR) is 73.5 cm³/mol. The van der Waals surface area contributed by atoms with Crippen LogP contribution in [0.5, 0.6) is 0 Å². The van der Waals surface area contributed by atoms with E-state index in [0.717, 1.165) is 29.7 Å². The van der Waals surface area contributed by atoms with Gasteiger partial charge in [0, 0.05) is 6.54 Å². The van der Waals surface area contributed by atoms with Crippen LogP contribution in [0.2, 0.25) is 0 Å². The van der Waals surface area contributed by atoms with E-state index in [2.05, 4.69) is 26.1 Å². The van der Waals surface area contributed by atoms with Crippen LogP contribution in [0.1, 0.15) is 48.8 Å². The molecule has 17 heavy (non-hydrogen) atoms. The van der Waals surface area contributed by atoms with Gasteiger partial charge >= 0.3 is 0 Å². The molecule has 0 saturated heterocycles. The molecule has 0 atom stereocenters. The van der Waals surface area contributed by atoms with Crippen molar-refractivity contribution in [3.8, 4) is 0 Å². The first-order chi connectivity index (χ1) is 8.12. The standard InChI is InChI=1S/C13H22N2OS/c1-4-10-7-8-17-11(10)12(16)15-13(5-2,6-3)9-14/h7-8H,4-6,9,14H2,1-3H3,(H,15,16). The number of hydrogen-bond acceptors (Lipinski definition) is 3. The third-order valence-corrected chi connectivity index (χ3v) is 4.41. The molecule has 1 aromatic heterocycles. The fraction of sp³-hybridized carbons (Fsp3) is 0.615. The summed E-state index contributed by atoms with van der Waals surface area (Å²) in [5.41, 5.74) is 6.65. The van der Waals surface area contributed by atoms with E-state index in [1.165, 1.54) is 11.3 Å². The molecule has 1 heterocycles. The molecular formula is C13H22N2OS. The summed E-state index contributed by atoms with van der Waals surface area (Å²) in [5, 5.41) is 5.07. The summed E-state index contributed by atoms with van der Waals surface area (Å²) >= 11 is 1.50. The van der Waals surface area contributed by atoms with E-state index < -0.39 is 0 Å². The second-order valence-electron chi connectivity index (χ2n) is 4.27. The molecule has 0 bridgehead atoms. The highest BCUT2D eigenvalue weighted by Gasteiger charge is 2.27. The van der Waals surface area contributed by atoms with Crippen molar-refractivity contribution in [1.29, 1.82) is 0 Å². The van der Waals surface area contributed by atoms with Crippen LogP contribution in [0.15, 0.2) is 11.4 Å².